The molecule has 0 saturated carbocycles. The fraction of sp³-hybridized carbons (Fsp3) is 0.235. The van der Waals surface area contributed by atoms with Crippen molar-refractivity contribution in [1.29, 1.82) is 0 Å². The van der Waals surface area contributed by atoms with Crippen LogP contribution in [-0.2, 0) is 4.79 Å². The topological polar surface area (TPSA) is 41.1 Å². The summed E-state index contributed by atoms with van der Waals surface area (Å²) in [5.41, 5.74) is 3.61. The van der Waals surface area contributed by atoms with Crippen molar-refractivity contribution in [2.24, 2.45) is 0 Å². The molecule has 3 nitrogen and oxygen atoms in total. The van der Waals surface area contributed by atoms with Gasteiger partial charge < -0.3 is 10.6 Å². The summed E-state index contributed by atoms with van der Waals surface area (Å²) in [4.78, 5) is 12.0. The molecular weight excluding hydrogens is 303 g/mol. The molecule has 0 heterocycles. The molecule has 22 heavy (non-hydrogen) atoms. The first-order chi connectivity index (χ1) is 10.5. The average Bonchev–Trinajstić information content (AvgIpc) is 2.47. The van der Waals surface area contributed by atoms with E-state index in [-0.39, 0.29) is 10.9 Å². The maximum Gasteiger partial charge on any atom is 0.226 e. The Bertz CT molecular complexity index is 668. The van der Waals surface area contributed by atoms with Gasteiger partial charge in [-0.25, -0.2) is 4.39 Å². The molecule has 2 rings (SSSR count). The average molecular weight is 321 g/mol. The third-order valence-electron chi connectivity index (χ3n) is 3.35. The van der Waals surface area contributed by atoms with Gasteiger partial charge in [0.05, 0.1) is 5.02 Å². The molecule has 1 amide bonds. The molecule has 5 heteroatoms. The molecule has 0 unspecified atom stereocenters. The molecule has 116 valence electrons. The van der Waals surface area contributed by atoms with Gasteiger partial charge in [-0.2, -0.15) is 0 Å². The van der Waals surface area contributed by atoms with E-state index in [0.717, 1.165) is 16.8 Å². The maximum atomic E-state index is 13.0. The van der Waals surface area contributed by atoms with Gasteiger partial charge in [0.15, 0.2) is 0 Å². The van der Waals surface area contributed by atoms with Gasteiger partial charge in [-0.1, -0.05) is 29.8 Å². The first-order valence-electron chi connectivity index (χ1n) is 7.02. The smallest absolute Gasteiger partial charge is 0.226 e. The minimum absolute atomic E-state index is 0.0602. The Morgan fingerprint density at radius 2 is 1.86 bits per heavy atom. The molecule has 2 aromatic rings. The second-order valence-corrected chi connectivity index (χ2v) is 5.53. The van der Waals surface area contributed by atoms with Crippen LogP contribution in [0.3, 0.4) is 0 Å². The van der Waals surface area contributed by atoms with Gasteiger partial charge in [0.1, 0.15) is 5.82 Å². The lowest BCUT2D eigenvalue weighted by molar-refractivity contribution is -0.115. The van der Waals surface area contributed by atoms with Crippen LogP contribution < -0.4 is 10.6 Å². The summed E-state index contributed by atoms with van der Waals surface area (Å²) in [6.07, 6.45) is 0.308. The van der Waals surface area contributed by atoms with Crippen molar-refractivity contribution in [3.8, 4) is 0 Å². The Labute approximate surface area is 134 Å². The second-order valence-electron chi connectivity index (χ2n) is 5.12. The van der Waals surface area contributed by atoms with E-state index in [1.54, 1.807) is 6.07 Å². The maximum absolute atomic E-state index is 13.0. The quantitative estimate of drug-likeness (QED) is 0.849. The van der Waals surface area contributed by atoms with E-state index in [2.05, 4.69) is 10.6 Å². The molecule has 0 aliphatic rings. The zero-order valence-corrected chi connectivity index (χ0v) is 13.3. The number of anilines is 2. The van der Waals surface area contributed by atoms with E-state index < -0.39 is 5.82 Å². The Morgan fingerprint density at radius 1 is 1.18 bits per heavy atom. The van der Waals surface area contributed by atoms with Gasteiger partial charge in [-0.3, -0.25) is 4.79 Å². The van der Waals surface area contributed by atoms with Gasteiger partial charge in [-0.05, 0) is 43.2 Å². The summed E-state index contributed by atoms with van der Waals surface area (Å²) >= 11 is 5.70. The number of halogens is 2. The Balaban J connectivity index is 1.86. The zero-order valence-electron chi connectivity index (χ0n) is 12.5. The van der Waals surface area contributed by atoms with E-state index in [1.165, 1.54) is 12.1 Å². The van der Waals surface area contributed by atoms with Crippen molar-refractivity contribution in [2.45, 2.75) is 20.3 Å². The number of hydrogen-bond acceptors (Lipinski definition) is 2. The summed E-state index contributed by atoms with van der Waals surface area (Å²) in [7, 11) is 0. The first-order valence-corrected chi connectivity index (χ1v) is 7.40. The summed E-state index contributed by atoms with van der Waals surface area (Å²) in [5.74, 6) is -0.530. The highest BCUT2D eigenvalue weighted by Crippen LogP contribution is 2.20. The molecule has 0 radical (unpaired) electrons. The number of benzene rings is 2. The number of nitrogens with one attached hydrogen (secondary N) is 2. The van der Waals surface area contributed by atoms with Crippen LogP contribution in [-0.4, -0.2) is 12.5 Å². The minimum atomic E-state index is -0.458. The summed E-state index contributed by atoms with van der Waals surface area (Å²) in [6, 6.07) is 10.3. The van der Waals surface area contributed by atoms with Crippen LogP contribution in [0.15, 0.2) is 36.4 Å². The Kier molecular flexibility index (Phi) is 5.39. The van der Waals surface area contributed by atoms with E-state index in [9.17, 15) is 9.18 Å². The molecular formula is C17H18ClFN2O. The van der Waals surface area contributed by atoms with Crippen LogP contribution in [0.2, 0.25) is 5.02 Å². The van der Waals surface area contributed by atoms with Crippen LogP contribution in [0.4, 0.5) is 15.8 Å². The van der Waals surface area contributed by atoms with Crippen LogP contribution in [0.1, 0.15) is 17.5 Å². The highest BCUT2D eigenvalue weighted by atomic mass is 35.5. The van der Waals surface area contributed by atoms with Crippen LogP contribution >= 0.6 is 11.6 Å². The Morgan fingerprint density at radius 3 is 2.50 bits per heavy atom. The van der Waals surface area contributed by atoms with Crippen molar-refractivity contribution in [1.82, 2.24) is 0 Å². The number of para-hydroxylation sites is 1. The predicted octanol–water partition coefficient (Wildman–Crippen LogP) is 4.54. The number of aryl methyl sites for hydroxylation is 2. The molecule has 2 N–H and O–H groups in total. The predicted molar refractivity (Wildman–Crippen MR) is 89.1 cm³/mol. The highest BCUT2D eigenvalue weighted by Gasteiger charge is 2.07. The SMILES string of the molecule is Cc1cccc(C)c1NC(=O)CCNc1ccc(F)c(Cl)c1. The van der Waals surface area contributed by atoms with E-state index in [4.69, 9.17) is 11.6 Å². The van der Waals surface area contributed by atoms with Gasteiger partial charge in [0, 0.05) is 24.3 Å². The normalized spacial score (nSPS) is 10.4. The van der Waals surface area contributed by atoms with Crippen molar-refractivity contribution in [3.63, 3.8) is 0 Å². The molecule has 0 saturated heterocycles. The van der Waals surface area contributed by atoms with Gasteiger partial charge in [-0.15, -0.1) is 0 Å². The second kappa shape index (κ2) is 7.27. The van der Waals surface area contributed by atoms with E-state index >= 15 is 0 Å². The first kappa shape index (κ1) is 16.3. The van der Waals surface area contributed by atoms with E-state index in [0.29, 0.717) is 18.7 Å². The van der Waals surface area contributed by atoms with Crippen molar-refractivity contribution >= 4 is 28.9 Å². The van der Waals surface area contributed by atoms with Gasteiger partial charge >= 0.3 is 0 Å². The van der Waals surface area contributed by atoms with Crippen LogP contribution in [0.5, 0.6) is 0 Å². The summed E-state index contributed by atoms with van der Waals surface area (Å²) < 4.78 is 13.0. The molecule has 0 atom stereocenters. The number of rotatable bonds is 5. The van der Waals surface area contributed by atoms with Crippen LogP contribution in [0, 0.1) is 19.7 Å². The number of carbonyl (C=O) groups is 1. The van der Waals surface area contributed by atoms with E-state index in [1.807, 2.05) is 32.0 Å². The van der Waals surface area contributed by atoms with Gasteiger partial charge in [0.25, 0.3) is 0 Å². The van der Waals surface area contributed by atoms with Crippen molar-refractivity contribution < 1.29 is 9.18 Å². The molecule has 0 bridgehead atoms. The third kappa shape index (κ3) is 4.21. The zero-order chi connectivity index (χ0) is 16.1. The number of carbonyl (C=O) groups excluding carboxylic acids is 1. The molecule has 0 spiro atoms. The van der Waals surface area contributed by atoms with Crippen molar-refractivity contribution in [3.05, 3.63) is 58.4 Å². The molecule has 0 aliphatic heterocycles. The lowest BCUT2D eigenvalue weighted by Gasteiger charge is -2.12. The largest absolute Gasteiger partial charge is 0.384 e. The third-order valence-corrected chi connectivity index (χ3v) is 3.64. The molecule has 0 aromatic heterocycles. The standard InChI is InChI=1S/C17H18ClFN2O/c1-11-4-3-5-12(2)17(11)21-16(22)8-9-20-13-6-7-15(19)14(18)10-13/h3-7,10,20H,8-9H2,1-2H3,(H,21,22). The lowest BCUT2D eigenvalue weighted by atomic mass is 10.1. The highest BCUT2D eigenvalue weighted by molar-refractivity contribution is 6.31. The fourth-order valence-corrected chi connectivity index (χ4v) is 2.32. The molecule has 0 aliphatic carbocycles. The Hall–Kier alpha value is -2.07. The van der Waals surface area contributed by atoms with Crippen molar-refractivity contribution in [2.75, 3.05) is 17.2 Å². The summed E-state index contributed by atoms with van der Waals surface area (Å²) in [6.45, 7) is 4.36. The fourth-order valence-electron chi connectivity index (χ4n) is 2.14. The molecule has 2 aromatic carbocycles. The number of hydrogen-bond donors (Lipinski definition) is 2. The van der Waals surface area contributed by atoms with Gasteiger partial charge in [0.2, 0.25) is 5.91 Å². The summed E-state index contributed by atoms with van der Waals surface area (Å²) in [5, 5.41) is 6.03. The molecule has 0 fully saturated rings. The monoisotopic (exact) mass is 320 g/mol. The number of amides is 1. The van der Waals surface area contributed by atoms with Crippen LogP contribution in [0.25, 0.3) is 0 Å². The minimum Gasteiger partial charge on any atom is -0.384 e. The lowest BCUT2D eigenvalue weighted by Crippen LogP contribution is -2.17.